The van der Waals surface area contributed by atoms with Crippen molar-refractivity contribution in [1.29, 1.82) is 0 Å². The van der Waals surface area contributed by atoms with Crippen molar-refractivity contribution in [2.45, 2.75) is 11.1 Å². The topological polar surface area (TPSA) is 52.6 Å². The van der Waals surface area contributed by atoms with Gasteiger partial charge < -0.3 is 10.2 Å². The normalized spacial score (nSPS) is 17.1. The van der Waals surface area contributed by atoms with Crippen LogP contribution in [0.25, 0.3) is 0 Å². The highest BCUT2D eigenvalue weighted by atomic mass is 32.2. The van der Waals surface area contributed by atoms with E-state index in [1.807, 2.05) is 4.90 Å². The van der Waals surface area contributed by atoms with Gasteiger partial charge in [0.25, 0.3) is 0 Å². The van der Waals surface area contributed by atoms with Gasteiger partial charge in [-0.25, -0.2) is 8.42 Å². The Hall–Kier alpha value is -1.39. The van der Waals surface area contributed by atoms with Crippen LogP contribution < -0.4 is 5.32 Å². The van der Waals surface area contributed by atoms with Crippen LogP contribution in [0.5, 0.6) is 0 Å². The average molecular weight is 367 g/mol. The van der Waals surface area contributed by atoms with Crippen LogP contribution in [0.2, 0.25) is 0 Å². The van der Waals surface area contributed by atoms with E-state index in [1.165, 1.54) is 10.4 Å². The number of hydrogen-bond donors (Lipinski definition) is 1. The number of piperazine rings is 1. The Balaban J connectivity index is 2.19. The maximum atomic E-state index is 12.7. The maximum Gasteiger partial charge on any atom is 0.416 e. The second-order valence-corrected chi connectivity index (χ2v) is 7.30. The van der Waals surface area contributed by atoms with Crippen LogP contribution in [-0.4, -0.2) is 56.0 Å². The fourth-order valence-corrected chi connectivity index (χ4v) is 3.92. The van der Waals surface area contributed by atoms with E-state index in [0.717, 1.165) is 12.1 Å². The molecule has 1 aromatic rings. The summed E-state index contributed by atoms with van der Waals surface area (Å²) < 4.78 is 64.4. The number of nitrogens with zero attached hydrogens (tertiary/aromatic N) is 2. The maximum absolute atomic E-state index is 12.7. The summed E-state index contributed by atoms with van der Waals surface area (Å²) in [6, 6.07) is 3.79. The van der Waals surface area contributed by atoms with E-state index >= 15 is 0 Å². The Bertz CT molecular complexity index is 684. The standard InChI is InChI=1S/C13H16F3N3O2S2/c1-17-12(22)18-5-7-19(8-6-18)23(20,21)11-4-2-3-10(9-11)13(14,15)16/h2-4,9H,5-8H2,1H3,(H,17,22). The van der Waals surface area contributed by atoms with E-state index in [4.69, 9.17) is 12.2 Å². The van der Waals surface area contributed by atoms with Gasteiger partial charge in [0.15, 0.2) is 5.11 Å². The number of sulfonamides is 1. The minimum absolute atomic E-state index is 0.167. The molecule has 5 nitrogen and oxygen atoms in total. The zero-order valence-corrected chi connectivity index (χ0v) is 13.9. The van der Waals surface area contributed by atoms with Crippen molar-refractivity contribution >= 4 is 27.4 Å². The van der Waals surface area contributed by atoms with E-state index < -0.39 is 21.8 Å². The molecule has 0 aromatic heterocycles. The lowest BCUT2D eigenvalue weighted by Gasteiger charge is -2.35. The number of hydrogen-bond acceptors (Lipinski definition) is 3. The summed E-state index contributed by atoms with van der Waals surface area (Å²) >= 11 is 5.08. The molecule has 1 saturated heterocycles. The number of thiocarbonyl (C=S) groups is 1. The van der Waals surface area contributed by atoms with Crippen LogP contribution in [-0.2, 0) is 16.2 Å². The molecule has 0 aliphatic carbocycles. The van der Waals surface area contributed by atoms with Crippen molar-refractivity contribution in [3.8, 4) is 0 Å². The highest BCUT2D eigenvalue weighted by molar-refractivity contribution is 7.89. The number of halogens is 3. The van der Waals surface area contributed by atoms with Crippen LogP contribution in [0, 0.1) is 0 Å². The molecule has 10 heteroatoms. The third-order valence-corrected chi connectivity index (χ3v) is 5.90. The molecule has 1 fully saturated rings. The molecule has 2 rings (SSSR count). The van der Waals surface area contributed by atoms with Gasteiger partial charge in [0, 0.05) is 33.2 Å². The van der Waals surface area contributed by atoms with E-state index in [1.54, 1.807) is 7.05 Å². The van der Waals surface area contributed by atoms with Crippen molar-refractivity contribution in [3.63, 3.8) is 0 Å². The summed E-state index contributed by atoms with van der Waals surface area (Å²) in [5.41, 5.74) is -0.978. The first-order chi connectivity index (χ1) is 10.7. The molecule has 1 aliphatic rings. The summed E-state index contributed by atoms with van der Waals surface area (Å²) in [5, 5.41) is 3.32. The van der Waals surface area contributed by atoms with Crippen LogP contribution in [0.3, 0.4) is 0 Å². The van der Waals surface area contributed by atoms with Crippen LogP contribution in [0.15, 0.2) is 29.2 Å². The van der Waals surface area contributed by atoms with Gasteiger partial charge in [-0.2, -0.15) is 17.5 Å². The highest BCUT2D eigenvalue weighted by Crippen LogP contribution is 2.31. The summed E-state index contributed by atoms with van der Waals surface area (Å²) in [7, 11) is -2.28. The van der Waals surface area contributed by atoms with Crippen LogP contribution in [0.1, 0.15) is 5.56 Å². The molecule has 0 unspecified atom stereocenters. The van der Waals surface area contributed by atoms with E-state index in [2.05, 4.69) is 5.32 Å². The van der Waals surface area contributed by atoms with Crippen molar-refractivity contribution in [1.82, 2.24) is 14.5 Å². The Morgan fingerprint density at radius 3 is 2.35 bits per heavy atom. The molecule has 1 N–H and O–H groups in total. The smallest absolute Gasteiger partial charge is 0.366 e. The molecule has 1 heterocycles. The Kier molecular flexibility index (Phi) is 5.17. The summed E-state index contributed by atoms with van der Waals surface area (Å²) in [6.07, 6.45) is -4.58. The molecule has 0 atom stereocenters. The second-order valence-electron chi connectivity index (χ2n) is 4.97. The van der Waals surface area contributed by atoms with Crippen molar-refractivity contribution in [3.05, 3.63) is 29.8 Å². The van der Waals surface area contributed by atoms with E-state index in [-0.39, 0.29) is 18.0 Å². The third-order valence-electron chi connectivity index (χ3n) is 3.54. The van der Waals surface area contributed by atoms with E-state index in [9.17, 15) is 21.6 Å². The number of alkyl halides is 3. The van der Waals surface area contributed by atoms with Gasteiger partial charge in [-0.15, -0.1) is 0 Å². The van der Waals surface area contributed by atoms with Gasteiger partial charge in [-0.3, -0.25) is 0 Å². The molecule has 1 aromatic carbocycles. The predicted molar refractivity (Wildman–Crippen MR) is 83.4 cm³/mol. The van der Waals surface area contributed by atoms with Gasteiger partial charge in [0.2, 0.25) is 10.0 Å². The second kappa shape index (κ2) is 6.62. The fourth-order valence-electron chi connectivity index (χ4n) is 2.27. The first-order valence-electron chi connectivity index (χ1n) is 6.80. The average Bonchev–Trinajstić information content (AvgIpc) is 2.53. The third kappa shape index (κ3) is 3.93. The first kappa shape index (κ1) is 18.0. The van der Waals surface area contributed by atoms with Gasteiger partial charge in [-0.1, -0.05) is 6.07 Å². The summed E-state index contributed by atoms with van der Waals surface area (Å²) in [4.78, 5) is 1.46. The molecule has 23 heavy (non-hydrogen) atoms. The lowest BCUT2D eigenvalue weighted by Crippen LogP contribution is -2.52. The zero-order chi connectivity index (χ0) is 17.3. The Labute approximate surface area is 138 Å². The molecule has 0 radical (unpaired) electrons. The Morgan fingerprint density at radius 2 is 1.83 bits per heavy atom. The van der Waals surface area contributed by atoms with Gasteiger partial charge in [-0.05, 0) is 30.4 Å². The lowest BCUT2D eigenvalue weighted by atomic mass is 10.2. The van der Waals surface area contributed by atoms with Crippen molar-refractivity contribution < 1.29 is 21.6 Å². The Morgan fingerprint density at radius 1 is 1.22 bits per heavy atom. The molecular weight excluding hydrogens is 351 g/mol. The molecule has 0 amide bonds. The quantitative estimate of drug-likeness (QED) is 0.804. The number of nitrogens with one attached hydrogen (secondary N) is 1. The predicted octanol–water partition coefficient (Wildman–Crippen LogP) is 1.52. The summed E-state index contributed by atoms with van der Waals surface area (Å²) in [6.45, 7) is 1.11. The SMILES string of the molecule is CNC(=S)N1CCN(S(=O)(=O)c2cccc(C(F)(F)F)c2)CC1. The fraction of sp³-hybridized carbons (Fsp3) is 0.462. The molecular formula is C13H16F3N3O2S2. The zero-order valence-electron chi connectivity index (χ0n) is 12.3. The first-order valence-corrected chi connectivity index (χ1v) is 8.65. The largest absolute Gasteiger partial charge is 0.416 e. The molecule has 1 aliphatic heterocycles. The molecule has 0 saturated carbocycles. The summed E-state index contributed by atoms with van der Waals surface area (Å²) in [5.74, 6) is 0. The van der Waals surface area contributed by atoms with E-state index in [0.29, 0.717) is 24.3 Å². The number of benzene rings is 1. The molecule has 0 spiro atoms. The van der Waals surface area contributed by atoms with Gasteiger partial charge in [0.1, 0.15) is 0 Å². The highest BCUT2D eigenvalue weighted by Gasteiger charge is 2.34. The minimum Gasteiger partial charge on any atom is -0.366 e. The van der Waals surface area contributed by atoms with Crippen molar-refractivity contribution in [2.24, 2.45) is 0 Å². The van der Waals surface area contributed by atoms with Crippen LogP contribution >= 0.6 is 12.2 Å². The van der Waals surface area contributed by atoms with Crippen molar-refractivity contribution in [2.75, 3.05) is 33.2 Å². The number of rotatable bonds is 2. The van der Waals surface area contributed by atoms with Gasteiger partial charge in [0.05, 0.1) is 10.5 Å². The molecule has 0 bridgehead atoms. The monoisotopic (exact) mass is 367 g/mol. The molecule has 128 valence electrons. The van der Waals surface area contributed by atoms with Crippen LogP contribution in [0.4, 0.5) is 13.2 Å². The minimum atomic E-state index is -4.58. The lowest BCUT2D eigenvalue weighted by molar-refractivity contribution is -0.137. The van der Waals surface area contributed by atoms with Gasteiger partial charge >= 0.3 is 6.18 Å².